The summed E-state index contributed by atoms with van der Waals surface area (Å²) in [6, 6.07) is 9.88. The average Bonchev–Trinajstić information content (AvgIpc) is 2.51. The van der Waals surface area contributed by atoms with Crippen LogP contribution >= 0.6 is 45.2 Å². The Hall–Kier alpha value is -0.380. The second-order valence-corrected chi connectivity index (χ2v) is 6.01. The van der Waals surface area contributed by atoms with Gasteiger partial charge in [0, 0.05) is 14.3 Å². The summed E-state index contributed by atoms with van der Waals surface area (Å²) >= 11 is 4.70. The summed E-state index contributed by atoms with van der Waals surface area (Å²) in [4.78, 5) is 16.3. The number of methoxy groups -OCH3 is 1. The Labute approximate surface area is 146 Å². The number of esters is 1. The smallest absolute Gasteiger partial charge is 0.346 e. The number of hydrogen-bond acceptors (Lipinski definition) is 4. The zero-order chi connectivity index (χ0) is 15.0. The lowest BCUT2D eigenvalue weighted by molar-refractivity contribution is -0.145. The summed E-state index contributed by atoms with van der Waals surface area (Å²) < 4.78 is 6.35. The Morgan fingerprint density at radius 3 is 2.35 bits per heavy atom. The molecule has 1 aromatic rings. The van der Waals surface area contributed by atoms with Gasteiger partial charge in [0.1, 0.15) is 0 Å². The molecular formula is C14H17I2NO3. The first-order valence-electron chi connectivity index (χ1n) is 6.02. The molecule has 0 aliphatic heterocycles. The molecule has 110 valence electrons. The zero-order valence-electron chi connectivity index (χ0n) is 11.4. The number of hydrogen-bond donors (Lipinski definition) is 0. The van der Waals surface area contributed by atoms with Crippen LogP contribution in [0.2, 0.25) is 0 Å². The van der Waals surface area contributed by atoms with Gasteiger partial charge in [-0.2, -0.15) is 0 Å². The molecule has 0 atom stereocenters. The highest BCUT2D eigenvalue weighted by Crippen LogP contribution is 2.29. The number of carbonyl (C=O) groups is 1. The first-order valence-corrected chi connectivity index (χ1v) is 9.07. The zero-order valence-corrected chi connectivity index (χ0v) is 15.8. The highest BCUT2D eigenvalue weighted by Gasteiger charge is 2.30. The predicted molar refractivity (Wildman–Crippen MR) is 96.8 cm³/mol. The van der Waals surface area contributed by atoms with Crippen molar-refractivity contribution in [1.29, 1.82) is 0 Å². The molecule has 6 heteroatoms. The quantitative estimate of drug-likeness (QED) is 0.189. The first kappa shape index (κ1) is 17.7. The van der Waals surface area contributed by atoms with Crippen LogP contribution in [-0.2, 0) is 14.4 Å². The predicted octanol–water partition coefficient (Wildman–Crippen LogP) is 3.46. The van der Waals surface area contributed by atoms with Crippen LogP contribution in [0, 0.1) is 5.41 Å². The van der Waals surface area contributed by atoms with Gasteiger partial charge in [-0.1, -0.05) is 87.6 Å². The summed E-state index contributed by atoms with van der Waals surface area (Å²) in [6.45, 7) is 1.96. The third-order valence-electron chi connectivity index (χ3n) is 2.77. The molecule has 4 nitrogen and oxygen atoms in total. The third kappa shape index (κ3) is 4.87. The fourth-order valence-corrected chi connectivity index (χ4v) is 3.77. The van der Waals surface area contributed by atoms with Gasteiger partial charge in [0.15, 0.2) is 0 Å². The first-order chi connectivity index (χ1) is 9.57. The number of rotatable bonds is 7. The minimum Gasteiger partial charge on any atom is -0.466 e. The lowest BCUT2D eigenvalue weighted by atomic mass is 9.85. The summed E-state index contributed by atoms with van der Waals surface area (Å²) in [5.41, 5.74) is 1.75. The van der Waals surface area contributed by atoms with Crippen LogP contribution < -0.4 is 0 Å². The Morgan fingerprint density at radius 1 is 1.25 bits per heavy atom. The summed E-state index contributed by atoms with van der Waals surface area (Å²) in [5.74, 6) is -0.438. The molecule has 0 heterocycles. The molecule has 0 fully saturated rings. The maximum absolute atomic E-state index is 11.1. The molecule has 0 aliphatic rings. The standard InChI is InChI=1S/C14H17I2NO3/c1-14(9-15,10-16)13(11-6-4-3-5-7-11)17-20-8-12(18)19-2/h3-7H,8-10H2,1-2H3. The number of nitrogens with zero attached hydrogens (tertiary/aromatic N) is 1. The van der Waals surface area contributed by atoms with Crippen molar-refractivity contribution in [3.05, 3.63) is 35.9 Å². The summed E-state index contributed by atoms with van der Waals surface area (Å²) in [6.07, 6.45) is 0. The average molecular weight is 501 g/mol. The van der Waals surface area contributed by atoms with Gasteiger partial charge in [-0.25, -0.2) is 4.79 Å². The molecular weight excluding hydrogens is 484 g/mol. The SMILES string of the molecule is COC(=O)CON=C(c1ccccc1)C(C)(CI)CI. The molecule has 0 bridgehead atoms. The van der Waals surface area contributed by atoms with Crippen LogP contribution in [0.15, 0.2) is 35.5 Å². The molecule has 0 spiro atoms. The van der Waals surface area contributed by atoms with Crippen molar-refractivity contribution in [2.24, 2.45) is 10.6 Å². The Morgan fingerprint density at radius 2 is 1.85 bits per heavy atom. The van der Waals surface area contributed by atoms with Crippen molar-refractivity contribution in [1.82, 2.24) is 0 Å². The van der Waals surface area contributed by atoms with Crippen LogP contribution in [0.3, 0.4) is 0 Å². The molecule has 0 aliphatic carbocycles. The van der Waals surface area contributed by atoms with Gasteiger partial charge in [-0.05, 0) is 5.56 Å². The van der Waals surface area contributed by atoms with Gasteiger partial charge in [-0.3, -0.25) is 0 Å². The maximum atomic E-state index is 11.1. The van der Waals surface area contributed by atoms with Gasteiger partial charge >= 0.3 is 5.97 Å². The molecule has 0 radical (unpaired) electrons. The van der Waals surface area contributed by atoms with Gasteiger partial charge in [-0.15, -0.1) is 0 Å². The topological polar surface area (TPSA) is 47.9 Å². The minimum absolute atomic E-state index is 0.113. The van der Waals surface area contributed by atoms with Crippen LogP contribution in [-0.4, -0.2) is 34.3 Å². The second-order valence-electron chi connectivity index (χ2n) is 4.48. The molecule has 0 saturated heterocycles. The lowest BCUT2D eigenvalue weighted by Gasteiger charge is -2.26. The van der Waals surface area contributed by atoms with E-state index in [0.717, 1.165) is 20.1 Å². The monoisotopic (exact) mass is 501 g/mol. The van der Waals surface area contributed by atoms with E-state index in [-0.39, 0.29) is 12.0 Å². The number of carbonyl (C=O) groups excluding carboxylic acids is 1. The molecule has 0 amide bonds. The van der Waals surface area contributed by atoms with Crippen LogP contribution in [0.5, 0.6) is 0 Å². The second kappa shape index (κ2) is 8.81. The van der Waals surface area contributed by atoms with Crippen molar-refractivity contribution in [3.63, 3.8) is 0 Å². The fraction of sp³-hybridized carbons (Fsp3) is 0.429. The Kier molecular flexibility index (Phi) is 7.78. The van der Waals surface area contributed by atoms with Gasteiger partial charge in [0.25, 0.3) is 0 Å². The molecule has 1 aromatic carbocycles. The molecule has 0 unspecified atom stereocenters. The number of halogens is 2. The van der Waals surface area contributed by atoms with E-state index >= 15 is 0 Å². The maximum Gasteiger partial charge on any atom is 0.346 e. The number of benzene rings is 1. The van der Waals surface area contributed by atoms with Crippen LogP contribution in [0.25, 0.3) is 0 Å². The number of ether oxygens (including phenoxy) is 1. The van der Waals surface area contributed by atoms with E-state index in [4.69, 9.17) is 4.84 Å². The van der Waals surface area contributed by atoms with Crippen LogP contribution in [0.1, 0.15) is 12.5 Å². The van der Waals surface area contributed by atoms with E-state index in [9.17, 15) is 4.79 Å². The van der Waals surface area contributed by atoms with E-state index in [1.165, 1.54) is 7.11 Å². The minimum atomic E-state index is -0.438. The van der Waals surface area contributed by atoms with E-state index in [1.807, 2.05) is 30.3 Å². The third-order valence-corrected chi connectivity index (χ3v) is 6.14. The lowest BCUT2D eigenvalue weighted by Crippen LogP contribution is -2.32. The van der Waals surface area contributed by atoms with Gasteiger partial charge < -0.3 is 9.57 Å². The van der Waals surface area contributed by atoms with E-state index in [0.29, 0.717) is 0 Å². The van der Waals surface area contributed by atoms with Crippen LogP contribution in [0.4, 0.5) is 0 Å². The fourth-order valence-electron chi connectivity index (χ4n) is 1.48. The molecule has 0 N–H and O–H groups in total. The van der Waals surface area contributed by atoms with E-state index in [1.54, 1.807) is 0 Å². The normalized spacial score (nSPS) is 12.1. The van der Waals surface area contributed by atoms with Crippen molar-refractivity contribution in [3.8, 4) is 0 Å². The molecule has 20 heavy (non-hydrogen) atoms. The summed E-state index contributed by atoms with van der Waals surface area (Å²) in [7, 11) is 1.33. The van der Waals surface area contributed by atoms with E-state index in [2.05, 4.69) is 62.0 Å². The highest BCUT2D eigenvalue weighted by atomic mass is 127. The summed E-state index contributed by atoms with van der Waals surface area (Å²) in [5, 5.41) is 4.20. The Balaban J connectivity index is 3.02. The molecule has 0 saturated carbocycles. The van der Waals surface area contributed by atoms with Crippen molar-refractivity contribution in [2.45, 2.75) is 6.92 Å². The van der Waals surface area contributed by atoms with Gasteiger partial charge in [0.05, 0.1) is 12.8 Å². The number of alkyl halides is 2. The Bertz CT molecular complexity index is 459. The van der Waals surface area contributed by atoms with Crippen molar-refractivity contribution in [2.75, 3.05) is 22.6 Å². The highest BCUT2D eigenvalue weighted by molar-refractivity contribution is 14.1. The largest absolute Gasteiger partial charge is 0.466 e. The van der Waals surface area contributed by atoms with Crippen molar-refractivity contribution < 1.29 is 14.4 Å². The number of oxime groups is 1. The van der Waals surface area contributed by atoms with Crippen molar-refractivity contribution >= 4 is 56.9 Å². The van der Waals surface area contributed by atoms with Gasteiger partial charge in [0.2, 0.25) is 6.61 Å². The molecule has 1 rings (SSSR count). The molecule has 0 aromatic heterocycles. The van der Waals surface area contributed by atoms with E-state index < -0.39 is 5.97 Å².